The van der Waals surface area contributed by atoms with Gasteiger partial charge in [-0.25, -0.2) is 0 Å². The van der Waals surface area contributed by atoms with Gasteiger partial charge >= 0.3 is 0 Å². The highest BCUT2D eigenvalue weighted by Crippen LogP contribution is 2.31. The number of aliphatic imine (C=N–C) groups is 1. The van der Waals surface area contributed by atoms with E-state index >= 15 is 0 Å². The van der Waals surface area contributed by atoms with Gasteiger partial charge in [0.2, 0.25) is 0 Å². The number of hydrogen-bond acceptors (Lipinski definition) is 3. The Balaban J connectivity index is 1.49. The van der Waals surface area contributed by atoms with Crippen LogP contribution in [0.3, 0.4) is 0 Å². The van der Waals surface area contributed by atoms with Crippen molar-refractivity contribution in [2.45, 2.75) is 44.7 Å². The maximum Gasteiger partial charge on any atom is 0.272 e. The Morgan fingerprint density at radius 1 is 1.07 bits per heavy atom. The fraction of sp³-hybridized carbons (Fsp3) is 0.375. The lowest BCUT2D eigenvalue weighted by molar-refractivity contribution is -0.115. The highest BCUT2D eigenvalue weighted by Gasteiger charge is 2.43. The Bertz CT molecular complexity index is 1010. The van der Waals surface area contributed by atoms with Crippen LogP contribution in [-0.2, 0) is 10.2 Å². The molecular formula is C24H26ClN3O2. The lowest BCUT2D eigenvalue weighted by atomic mass is 9.86. The molecule has 2 amide bonds. The zero-order valence-corrected chi connectivity index (χ0v) is 18.3. The minimum absolute atomic E-state index is 0.0561. The Morgan fingerprint density at radius 3 is 2.30 bits per heavy atom. The Kier molecular flexibility index (Phi) is 5.18. The van der Waals surface area contributed by atoms with Crippen LogP contribution >= 0.6 is 11.6 Å². The summed E-state index contributed by atoms with van der Waals surface area (Å²) in [6.45, 7) is 7.52. The van der Waals surface area contributed by atoms with Crippen molar-refractivity contribution < 1.29 is 9.59 Å². The molecule has 0 aromatic heterocycles. The van der Waals surface area contributed by atoms with Crippen LogP contribution in [0, 0.1) is 0 Å². The number of hydrogen-bond donors (Lipinski definition) is 1. The van der Waals surface area contributed by atoms with Gasteiger partial charge in [0.05, 0.1) is 10.6 Å². The van der Waals surface area contributed by atoms with E-state index in [1.807, 2.05) is 24.3 Å². The molecule has 2 aliphatic rings. The van der Waals surface area contributed by atoms with Gasteiger partial charge in [0.1, 0.15) is 11.4 Å². The first kappa shape index (κ1) is 20.6. The molecule has 1 fully saturated rings. The molecule has 2 aromatic carbocycles. The van der Waals surface area contributed by atoms with Crippen molar-refractivity contribution in [3.63, 3.8) is 0 Å². The van der Waals surface area contributed by atoms with E-state index in [0.717, 1.165) is 5.56 Å². The average molecular weight is 424 g/mol. The molecule has 0 bridgehead atoms. The molecule has 2 heterocycles. The summed E-state index contributed by atoms with van der Waals surface area (Å²) in [5.41, 5.74) is 2.45. The minimum Gasteiger partial charge on any atom is -0.338 e. The molecule has 5 nitrogen and oxygen atoms in total. The molecule has 1 N–H and O–H groups in total. The van der Waals surface area contributed by atoms with E-state index in [0.29, 0.717) is 42.2 Å². The summed E-state index contributed by atoms with van der Waals surface area (Å²) in [7, 11) is 0. The SMILES string of the molecule is CC(C)(C)c1ccc(C2=NC3(CCN(C(=O)c4ccccc4Cl)CC3)NC2=O)cc1. The summed E-state index contributed by atoms with van der Waals surface area (Å²) in [6, 6.07) is 15.1. The number of carbonyl (C=O) groups is 2. The predicted octanol–water partition coefficient (Wildman–Crippen LogP) is 4.19. The summed E-state index contributed by atoms with van der Waals surface area (Å²) < 4.78 is 0. The first-order chi connectivity index (χ1) is 14.2. The minimum atomic E-state index is -0.633. The molecule has 1 saturated heterocycles. The second-order valence-corrected chi connectivity index (χ2v) is 9.45. The number of benzene rings is 2. The predicted molar refractivity (Wildman–Crippen MR) is 119 cm³/mol. The number of likely N-dealkylation sites (tertiary alicyclic amines) is 1. The van der Waals surface area contributed by atoms with E-state index in [2.05, 4.69) is 38.2 Å². The molecule has 156 valence electrons. The standard InChI is InChI=1S/C24H26ClN3O2/c1-23(2,3)17-10-8-16(9-11-17)20-21(29)27-24(26-20)12-14-28(15-13-24)22(30)18-6-4-5-7-19(18)25/h4-11H,12-15H2,1-3H3,(H,27,29). The van der Waals surface area contributed by atoms with E-state index in [9.17, 15) is 9.59 Å². The third kappa shape index (κ3) is 3.86. The first-order valence-electron chi connectivity index (χ1n) is 10.3. The van der Waals surface area contributed by atoms with Gasteiger partial charge in [0, 0.05) is 31.5 Å². The van der Waals surface area contributed by atoms with Gasteiger partial charge in [-0.2, -0.15) is 0 Å². The van der Waals surface area contributed by atoms with E-state index < -0.39 is 5.66 Å². The number of nitrogens with one attached hydrogen (secondary N) is 1. The summed E-state index contributed by atoms with van der Waals surface area (Å²) >= 11 is 6.18. The number of halogens is 1. The number of piperidine rings is 1. The molecule has 0 saturated carbocycles. The third-order valence-corrected chi connectivity index (χ3v) is 6.22. The molecule has 4 rings (SSSR count). The van der Waals surface area contributed by atoms with Crippen LogP contribution < -0.4 is 5.32 Å². The highest BCUT2D eigenvalue weighted by molar-refractivity contribution is 6.46. The third-order valence-electron chi connectivity index (χ3n) is 5.89. The quantitative estimate of drug-likeness (QED) is 0.787. The maximum atomic E-state index is 12.8. The average Bonchev–Trinajstić information content (AvgIpc) is 3.03. The molecular weight excluding hydrogens is 398 g/mol. The fourth-order valence-corrected chi connectivity index (χ4v) is 4.23. The van der Waals surface area contributed by atoms with E-state index in [-0.39, 0.29) is 17.2 Å². The van der Waals surface area contributed by atoms with Crippen LogP contribution in [0.2, 0.25) is 5.02 Å². The van der Waals surface area contributed by atoms with Crippen molar-refractivity contribution in [3.05, 3.63) is 70.2 Å². The van der Waals surface area contributed by atoms with Gasteiger partial charge in [-0.05, 0) is 23.1 Å². The van der Waals surface area contributed by atoms with E-state index in [1.54, 1.807) is 17.0 Å². The van der Waals surface area contributed by atoms with Gasteiger partial charge < -0.3 is 10.2 Å². The molecule has 2 aliphatic heterocycles. The lowest BCUT2D eigenvalue weighted by Crippen LogP contribution is -2.52. The first-order valence-corrected chi connectivity index (χ1v) is 10.6. The second kappa shape index (κ2) is 7.55. The second-order valence-electron chi connectivity index (χ2n) is 9.05. The molecule has 1 spiro atoms. The molecule has 0 atom stereocenters. The molecule has 30 heavy (non-hydrogen) atoms. The van der Waals surface area contributed by atoms with Crippen molar-refractivity contribution in [1.29, 1.82) is 0 Å². The monoisotopic (exact) mass is 423 g/mol. The van der Waals surface area contributed by atoms with E-state index in [1.165, 1.54) is 5.56 Å². The Morgan fingerprint density at radius 2 is 1.70 bits per heavy atom. The Hall–Kier alpha value is -2.66. The molecule has 2 aromatic rings. The van der Waals surface area contributed by atoms with Gasteiger partial charge in [0.15, 0.2) is 0 Å². The topological polar surface area (TPSA) is 61.8 Å². The number of nitrogens with zero attached hydrogens (tertiary/aromatic N) is 2. The summed E-state index contributed by atoms with van der Waals surface area (Å²) in [5, 5.41) is 3.52. The van der Waals surface area contributed by atoms with Crippen molar-refractivity contribution in [2.75, 3.05) is 13.1 Å². The maximum absolute atomic E-state index is 12.8. The van der Waals surface area contributed by atoms with Gasteiger partial charge in [-0.1, -0.05) is 68.8 Å². The summed E-state index contributed by atoms with van der Waals surface area (Å²) in [5.74, 6) is -0.230. The van der Waals surface area contributed by atoms with E-state index in [4.69, 9.17) is 16.6 Å². The fourth-order valence-electron chi connectivity index (χ4n) is 4.01. The number of amides is 2. The van der Waals surface area contributed by atoms with Crippen LogP contribution in [0.1, 0.15) is 55.1 Å². The Labute approximate surface area is 182 Å². The van der Waals surface area contributed by atoms with Crippen molar-refractivity contribution in [3.8, 4) is 0 Å². The largest absolute Gasteiger partial charge is 0.338 e. The zero-order chi connectivity index (χ0) is 21.5. The van der Waals surface area contributed by atoms with Crippen molar-refractivity contribution >= 4 is 29.1 Å². The van der Waals surface area contributed by atoms with Crippen molar-refractivity contribution in [1.82, 2.24) is 10.2 Å². The summed E-state index contributed by atoms with van der Waals surface area (Å²) in [4.78, 5) is 32.1. The smallest absolute Gasteiger partial charge is 0.272 e. The lowest BCUT2D eigenvalue weighted by Gasteiger charge is -2.37. The van der Waals surface area contributed by atoms with Crippen LogP contribution in [0.25, 0.3) is 0 Å². The van der Waals surface area contributed by atoms with Crippen LogP contribution in [0.4, 0.5) is 0 Å². The number of carbonyl (C=O) groups excluding carboxylic acids is 2. The van der Waals surface area contributed by atoms with Crippen LogP contribution in [0.15, 0.2) is 53.5 Å². The molecule has 0 aliphatic carbocycles. The highest BCUT2D eigenvalue weighted by atomic mass is 35.5. The van der Waals surface area contributed by atoms with Crippen molar-refractivity contribution in [2.24, 2.45) is 4.99 Å². The molecule has 0 unspecified atom stereocenters. The van der Waals surface area contributed by atoms with Gasteiger partial charge in [-0.3, -0.25) is 14.6 Å². The zero-order valence-electron chi connectivity index (χ0n) is 17.5. The normalized spacial score (nSPS) is 18.3. The molecule has 6 heteroatoms. The van der Waals surface area contributed by atoms with Crippen LogP contribution in [0.5, 0.6) is 0 Å². The van der Waals surface area contributed by atoms with Crippen LogP contribution in [-0.4, -0.2) is 41.2 Å². The van der Waals surface area contributed by atoms with Gasteiger partial charge in [0.25, 0.3) is 11.8 Å². The number of rotatable bonds is 2. The van der Waals surface area contributed by atoms with Gasteiger partial charge in [-0.15, -0.1) is 0 Å². The molecule has 0 radical (unpaired) electrons. The summed E-state index contributed by atoms with van der Waals surface area (Å²) in [6.07, 6.45) is 1.16.